The number of hydrogen-bond acceptors (Lipinski definition) is 3. The first kappa shape index (κ1) is 9.46. The molecule has 0 saturated carbocycles. The zero-order valence-corrected chi connectivity index (χ0v) is 8.58. The van der Waals surface area contributed by atoms with Crippen LogP contribution in [0.15, 0.2) is 6.07 Å². The Hall–Kier alpha value is -1.09. The Bertz CT molecular complexity index is 349. The number of ether oxygens (including phenoxy) is 1. The summed E-state index contributed by atoms with van der Waals surface area (Å²) in [4.78, 5) is 4.33. The number of aryl methyl sites for hydroxylation is 2. The lowest BCUT2D eigenvalue weighted by Crippen LogP contribution is -2.17. The van der Waals surface area contributed by atoms with E-state index in [1.165, 1.54) is 0 Å². The summed E-state index contributed by atoms with van der Waals surface area (Å²) < 4.78 is 5.55. The molecular formula is C11H15NO2. The van der Waals surface area contributed by atoms with Crippen LogP contribution in [-0.2, 0) is 6.42 Å². The summed E-state index contributed by atoms with van der Waals surface area (Å²) in [5, 5.41) is 9.76. The van der Waals surface area contributed by atoms with E-state index in [9.17, 15) is 5.11 Å². The van der Waals surface area contributed by atoms with Gasteiger partial charge in [-0.15, -0.1) is 0 Å². The Morgan fingerprint density at radius 1 is 1.64 bits per heavy atom. The molecule has 2 heterocycles. The zero-order valence-electron chi connectivity index (χ0n) is 8.58. The number of pyridine rings is 1. The van der Waals surface area contributed by atoms with Gasteiger partial charge in [-0.1, -0.05) is 6.92 Å². The minimum Gasteiger partial charge on any atom is -0.491 e. The second kappa shape index (κ2) is 3.58. The molecule has 1 aromatic heterocycles. The molecule has 3 heteroatoms. The summed E-state index contributed by atoms with van der Waals surface area (Å²) in [5.74, 6) is 0.803. The number of aliphatic hydroxyl groups is 1. The van der Waals surface area contributed by atoms with Crippen molar-refractivity contribution in [3.63, 3.8) is 0 Å². The molecule has 1 aliphatic heterocycles. The van der Waals surface area contributed by atoms with Crippen LogP contribution in [0.25, 0.3) is 0 Å². The number of aromatic nitrogens is 1. The van der Waals surface area contributed by atoms with E-state index in [1.54, 1.807) is 0 Å². The molecule has 2 rings (SSSR count). The maximum Gasteiger partial charge on any atom is 0.146 e. The fourth-order valence-electron chi connectivity index (χ4n) is 1.82. The minimum absolute atomic E-state index is 0.455. The van der Waals surface area contributed by atoms with Gasteiger partial charge in [0.15, 0.2) is 0 Å². The summed E-state index contributed by atoms with van der Waals surface area (Å²) in [5.41, 5.74) is 2.81. The van der Waals surface area contributed by atoms with E-state index in [-0.39, 0.29) is 0 Å². The number of nitrogens with zero attached hydrogens (tertiary/aromatic N) is 1. The first-order valence-electron chi connectivity index (χ1n) is 5.03. The van der Waals surface area contributed by atoms with Crippen LogP contribution in [0.1, 0.15) is 36.4 Å². The van der Waals surface area contributed by atoms with Gasteiger partial charge in [0.05, 0.1) is 6.61 Å². The van der Waals surface area contributed by atoms with Crippen LogP contribution < -0.4 is 4.74 Å². The van der Waals surface area contributed by atoms with Gasteiger partial charge in [-0.3, -0.25) is 4.98 Å². The standard InChI is InChI=1S/C11H15NO2/c1-3-8-6-7(2)12-10-9(13)4-5-14-11(8)10/h6,9,13H,3-5H2,1-2H3. The van der Waals surface area contributed by atoms with Crippen molar-refractivity contribution in [2.75, 3.05) is 6.61 Å². The van der Waals surface area contributed by atoms with Gasteiger partial charge < -0.3 is 9.84 Å². The van der Waals surface area contributed by atoms with E-state index < -0.39 is 6.10 Å². The van der Waals surface area contributed by atoms with Gasteiger partial charge in [0, 0.05) is 12.1 Å². The molecule has 1 unspecified atom stereocenters. The van der Waals surface area contributed by atoms with Crippen LogP contribution in [0.4, 0.5) is 0 Å². The molecule has 14 heavy (non-hydrogen) atoms. The highest BCUT2D eigenvalue weighted by atomic mass is 16.5. The van der Waals surface area contributed by atoms with Gasteiger partial charge in [-0.05, 0) is 25.0 Å². The highest BCUT2D eigenvalue weighted by Gasteiger charge is 2.23. The molecule has 1 atom stereocenters. The van der Waals surface area contributed by atoms with E-state index in [0.29, 0.717) is 18.7 Å². The average Bonchev–Trinajstić information content (AvgIpc) is 2.18. The molecule has 0 amide bonds. The lowest BCUT2D eigenvalue weighted by molar-refractivity contribution is 0.109. The monoisotopic (exact) mass is 193 g/mol. The largest absolute Gasteiger partial charge is 0.491 e. The van der Waals surface area contributed by atoms with Crippen molar-refractivity contribution in [3.8, 4) is 5.75 Å². The third-order valence-electron chi connectivity index (χ3n) is 2.54. The Morgan fingerprint density at radius 3 is 3.14 bits per heavy atom. The molecule has 0 aromatic carbocycles. The molecule has 0 spiro atoms. The van der Waals surface area contributed by atoms with E-state index >= 15 is 0 Å². The SMILES string of the molecule is CCc1cc(C)nc2c1OCCC2O. The predicted molar refractivity (Wildman–Crippen MR) is 53.4 cm³/mol. The molecule has 1 aromatic rings. The smallest absolute Gasteiger partial charge is 0.146 e. The van der Waals surface area contributed by atoms with Crippen molar-refractivity contribution in [3.05, 3.63) is 23.0 Å². The topological polar surface area (TPSA) is 42.4 Å². The number of aliphatic hydroxyl groups excluding tert-OH is 1. The van der Waals surface area contributed by atoms with E-state index in [2.05, 4.69) is 11.9 Å². The molecule has 0 radical (unpaired) electrons. The van der Waals surface area contributed by atoms with Crippen LogP contribution in [0.5, 0.6) is 5.75 Å². The Balaban J connectivity index is 2.54. The molecule has 1 N–H and O–H groups in total. The molecule has 76 valence electrons. The van der Waals surface area contributed by atoms with Crippen molar-refractivity contribution in [1.29, 1.82) is 0 Å². The molecule has 0 bridgehead atoms. The quantitative estimate of drug-likeness (QED) is 0.739. The second-order valence-electron chi connectivity index (χ2n) is 3.64. The van der Waals surface area contributed by atoms with Gasteiger partial charge >= 0.3 is 0 Å². The normalized spacial score (nSPS) is 20.1. The summed E-state index contributed by atoms with van der Waals surface area (Å²) in [6.07, 6.45) is 1.11. The Morgan fingerprint density at radius 2 is 2.43 bits per heavy atom. The highest BCUT2D eigenvalue weighted by Crippen LogP contribution is 2.33. The third kappa shape index (κ3) is 1.48. The number of fused-ring (bicyclic) bond motifs is 1. The molecule has 0 aliphatic carbocycles. The highest BCUT2D eigenvalue weighted by molar-refractivity contribution is 5.41. The molecule has 1 aliphatic rings. The lowest BCUT2D eigenvalue weighted by Gasteiger charge is -2.23. The van der Waals surface area contributed by atoms with E-state index in [4.69, 9.17) is 4.74 Å². The number of rotatable bonds is 1. The molecule has 0 saturated heterocycles. The Kier molecular flexibility index (Phi) is 2.42. The zero-order chi connectivity index (χ0) is 10.1. The first-order valence-corrected chi connectivity index (χ1v) is 5.03. The first-order chi connectivity index (χ1) is 6.72. The molecule has 0 fully saturated rings. The van der Waals surface area contributed by atoms with Gasteiger partial charge in [0.2, 0.25) is 0 Å². The van der Waals surface area contributed by atoms with Gasteiger partial charge in [-0.2, -0.15) is 0 Å². The fraction of sp³-hybridized carbons (Fsp3) is 0.545. The lowest BCUT2D eigenvalue weighted by atomic mass is 10.0. The van der Waals surface area contributed by atoms with Crippen LogP contribution in [0.2, 0.25) is 0 Å². The third-order valence-corrected chi connectivity index (χ3v) is 2.54. The van der Waals surface area contributed by atoms with Crippen molar-refractivity contribution in [2.45, 2.75) is 32.8 Å². The van der Waals surface area contributed by atoms with Crippen molar-refractivity contribution in [1.82, 2.24) is 4.98 Å². The summed E-state index contributed by atoms with van der Waals surface area (Å²) >= 11 is 0. The van der Waals surface area contributed by atoms with E-state index in [0.717, 1.165) is 23.4 Å². The van der Waals surface area contributed by atoms with E-state index in [1.807, 2.05) is 13.0 Å². The van der Waals surface area contributed by atoms with Gasteiger partial charge in [0.1, 0.15) is 17.5 Å². The predicted octanol–water partition coefficient (Wildman–Crippen LogP) is 1.77. The van der Waals surface area contributed by atoms with Crippen LogP contribution in [0.3, 0.4) is 0 Å². The molecule has 3 nitrogen and oxygen atoms in total. The summed E-state index contributed by atoms with van der Waals surface area (Å²) in [6, 6.07) is 2.02. The number of hydrogen-bond donors (Lipinski definition) is 1. The summed E-state index contributed by atoms with van der Waals surface area (Å²) in [7, 11) is 0. The van der Waals surface area contributed by atoms with Crippen LogP contribution in [-0.4, -0.2) is 16.7 Å². The average molecular weight is 193 g/mol. The fourth-order valence-corrected chi connectivity index (χ4v) is 1.82. The van der Waals surface area contributed by atoms with Crippen LogP contribution in [0, 0.1) is 6.92 Å². The van der Waals surface area contributed by atoms with Crippen LogP contribution >= 0.6 is 0 Å². The summed E-state index contributed by atoms with van der Waals surface area (Å²) in [6.45, 7) is 4.62. The minimum atomic E-state index is -0.455. The second-order valence-corrected chi connectivity index (χ2v) is 3.64. The van der Waals surface area contributed by atoms with Crippen molar-refractivity contribution in [2.24, 2.45) is 0 Å². The maximum absolute atomic E-state index is 9.76. The maximum atomic E-state index is 9.76. The van der Waals surface area contributed by atoms with Crippen molar-refractivity contribution < 1.29 is 9.84 Å². The Labute approximate surface area is 83.7 Å². The van der Waals surface area contributed by atoms with Crippen molar-refractivity contribution >= 4 is 0 Å². The van der Waals surface area contributed by atoms with Gasteiger partial charge in [-0.25, -0.2) is 0 Å². The molecular weight excluding hydrogens is 178 g/mol. The van der Waals surface area contributed by atoms with Gasteiger partial charge in [0.25, 0.3) is 0 Å².